The molecule has 0 saturated heterocycles. The molecule has 1 N–H and O–H groups in total. The predicted octanol–water partition coefficient (Wildman–Crippen LogP) is 7.80. The molecule has 4 aliphatic rings. The van der Waals surface area contributed by atoms with Gasteiger partial charge in [-0.3, -0.25) is 9.59 Å². The smallest absolute Gasteiger partial charge is 0.306 e. The lowest BCUT2D eigenvalue weighted by atomic mass is 9.47. The van der Waals surface area contributed by atoms with E-state index in [2.05, 4.69) is 40.7 Å². The number of ether oxygens (including phenoxy) is 1. The van der Waals surface area contributed by atoms with Crippen LogP contribution in [-0.4, -0.2) is 23.1 Å². The largest absolute Gasteiger partial charge is 0.481 e. The molecule has 0 aromatic rings. The van der Waals surface area contributed by atoms with Crippen molar-refractivity contribution in [3.05, 3.63) is 11.6 Å². The van der Waals surface area contributed by atoms with Crippen molar-refractivity contribution in [1.29, 1.82) is 0 Å². The summed E-state index contributed by atoms with van der Waals surface area (Å²) in [5, 5.41) is 8.84. The van der Waals surface area contributed by atoms with E-state index in [9.17, 15) is 9.59 Å². The minimum absolute atomic E-state index is 0.0236. The van der Waals surface area contributed by atoms with E-state index in [-0.39, 0.29) is 30.3 Å². The van der Waals surface area contributed by atoms with Gasteiger partial charge in [0.15, 0.2) is 0 Å². The normalized spacial score (nSPS) is 39.3. The summed E-state index contributed by atoms with van der Waals surface area (Å²) in [6.07, 6.45) is 16.0. The summed E-state index contributed by atoms with van der Waals surface area (Å²) in [4.78, 5) is 22.9. The molecular weight excluding hydrogens is 436 g/mol. The Bertz CT molecular complexity index is 815. The molecule has 0 amide bonds. The Labute approximate surface area is 213 Å². The van der Waals surface area contributed by atoms with Crippen molar-refractivity contribution in [2.24, 2.45) is 46.3 Å². The molecule has 0 aromatic carbocycles. The van der Waals surface area contributed by atoms with Gasteiger partial charge in [0.1, 0.15) is 6.10 Å². The first-order chi connectivity index (χ1) is 16.5. The molecular formula is C31H50O4. The SMILES string of the molecule is CC(C)CCC[C@@H](C)C1CCC2C3CC=C4CC(OC(=O)CCC(=O)O)CCC4(C)C3CCC21C. The van der Waals surface area contributed by atoms with Crippen LogP contribution in [0.3, 0.4) is 0 Å². The van der Waals surface area contributed by atoms with Crippen LogP contribution in [0.1, 0.15) is 118 Å². The van der Waals surface area contributed by atoms with Gasteiger partial charge in [0.25, 0.3) is 0 Å². The van der Waals surface area contributed by atoms with Gasteiger partial charge in [0.2, 0.25) is 0 Å². The molecule has 0 heterocycles. The second-order valence-corrected chi connectivity index (χ2v) is 13.5. The van der Waals surface area contributed by atoms with Crippen molar-refractivity contribution in [2.45, 2.75) is 124 Å². The highest BCUT2D eigenvalue weighted by atomic mass is 16.5. The van der Waals surface area contributed by atoms with Crippen molar-refractivity contribution in [1.82, 2.24) is 0 Å². The van der Waals surface area contributed by atoms with Crippen LogP contribution in [0.2, 0.25) is 0 Å². The first-order valence-electron chi connectivity index (χ1n) is 14.7. The van der Waals surface area contributed by atoms with E-state index < -0.39 is 5.97 Å². The Morgan fingerprint density at radius 2 is 1.80 bits per heavy atom. The van der Waals surface area contributed by atoms with E-state index in [0.717, 1.165) is 54.8 Å². The van der Waals surface area contributed by atoms with Crippen LogP contribution in [0.15, 0.2) is 11.6 Å². The van der Waals surface area contributed by atoms with Gasteiger partial charge in [0, 0.05) is 6.42 Å². The van der Waals surface area contributed by atoms with Crippen LogP contribution < -0.4 is 0 Å². The zero-order valence-electron chi connectivity index (χ0n) is 23.0. The lowest BCUT2D eigenvalue weighted by Gasteiger charge is -2.58. The van der Waals surface area contributed by atoms with Gasteiger partial charge in [-0.15, -0.1) is 0 Å². The Balaban J connectivity index is 1.40. The maximum atomic E-state index is 12.1. The molecule has 4 rings (SSSR count). The van der Waals surface area contributed by atoms with Gasteiger partial charge < -0.3 is 9.84 Å². The molecule has 7 unspecified atom stereocenters. The van der Waals surface area contributed by atoms with Gasteiger partial charge in [-0.25, -0.2) is 0 Å². The Hall–Kier alpha value is -1.32. The molecule has 3 fully saturated rings. The summed E-state index contributed by atoms with van der Waals surface area (Å²) in [6, 6.07) is 0. The van der Waals surface area contributed by atoms with Gasteiger partial charge in [-0.2, -0.15) is 0 Å². The predicted molar refractivity (Wildman–Crippen MR) is 140 cm³/mol. The molecule has 0 bridgehead atoms. The number of carboxylic acids is 1. The van der Waals surface area contributed by atoms with Crippen molar-refractivity contribution >= 4 is 11.9 Å². The van der Waals surface area contributed by atoms with E-state index in [0.29, 0.717) is 5.41 Å². The minimum atomic E-state index is -0.942. The maximum absolute atomic E-state index is 12.1. The number of rotatable bonds is 9. The third-order valence-corrected chi connectivity index (χ3v) is 11.1. The molecule has 0 aliphatic heterocycles. The average molecular weight is 487 g/mol. The average Bonchev–Trinajstić information content (AvgIpc) is 3.15. The Morgan fingerprint density at radius 1 is 1.03 bits per heavy atom. The zero-order valence-corrected chi connectivity index (χ0v) is 23.0. The fourth-order valence-corrected chi connectivity index (χ4v) is 9.21. The summed E-state index contributed by atoms with van der Waals surface area (Å²) in [7, 11) is 0. The van der Waals surface area contributed by atoms with Crippen LogP contribution in [0.4, 0.5) is 0 Å². The molecule has 0 spiro atoms. The molecule has 198 valence electrons. The molecule has 4 aliphatic carbocycles. The molecule has 4 nitrogen and oxygen atoms in total. The molecule has 8 atom stereocenters. The summed E-state index contributed by atoms with van der Waals surface area (Å²) in [5.74, 6) is 3.68. The highest BCUT2D eigenvalue weighted by Crippen LogP contribution is 2.67. The maximum Gasteiger partial charge on any atom is 0.306 e. The van der Waals surface area contributed by atoms with Crippen LogP contribution in [-0.2, 0) is 14.3 Å². The van der Waals surface area contributed by atoms with E-state index in [1.54, 1.807) is 0 Å². The van der Waals surface area contributed by atoms with Crippen molar-refractivity contribution in [2.75, 3.05) is 0 Å². The highest BCUT2D eigenvalue weighted by molar-refractivity contribution is 5.76. The Morgan fingerprint density at radius 3 is 2.51 bits per heavy atom. The van der Waals surface area contributed by atoms with Gasteiger partial charge in [-0.05, 0) is 91.3 Å². The van der Waals surface area contributed by atoms with Gasteiger partial charge in [-0.1, -0.05) is 65.5 Å². The lowest BCUT2D eigenvalue weighted by molar-refractivity contribution is -0.154. The second kappa shape index (κ2) is 10.6. The highest BCUT2D eigenvalue weighted by Gasteiger charge is 2.59. The standard InChI is InChI=1S/C31H50O4/c1-20(2)7-6-8-21(3)25-11-12-26-24-10-9-22-19-23(35-29(34)14-13-28(32)33)15-17-30(22,4)27(24)16-18-31(25,26)5/h9,20-21,23-27H,6-8,10-19H2,1-5H3,(H,32,33)/t21-,23?,24?,25?,26?,27?,30?,31?/m1/s1. The fourth-order valence-electron chi connectivity index (χ4n) is 9.21. The number of fused-ring (bicyclic) bond motifs is 5. The fraction of sp³-hybridized carbons (Fsp3) is 0.871. The van der Waals surface area contributed by atoms with Gasteiger partial charge in [0.05, 0.1) is 12.8 Å². The van der Waals surface area contributed by atoms with E-state index in [4.69, 9.17) is 9.84 Å². The Kier molecular flexibility index (Phi) is 8.08. The molecule has 0 radical (unpaired) electrons. The monoisotopic (exact) mass is 486 g/mol. The van der Waals surface area contributed by atoms with Crippen LogP contribution in [0.5, 0.6) is 0 Å². The topological polar surface area (TPSA) is 63.6 Å². The van der Waals surface area contributed by atoms with E-state index in [1.807, 2.05) is 0 Å². The van der Waals surface area contributed by atoms with Crippen molar-refractivity contribution in [3.63, 3.8) is 0 Å². The summed E-state index contributed by atoms with van der Waals surface area (Å²) >= 11 is 0. The number of carbonyl (C=O) groups excluding carboxylic acids is 1. The second-order valence-electron chi connectivity index (χ2n) is 13.5. The quantitative estimate of drug-likeness (QED) is 0.267. The minimum Gasteiger partial charge on any atom is -0.481 e. The van der Waals surface area contributed by atoms with Gasteiger partial charge >= 0.3 is 11.9 Å². The lowest BCUT2D eigenvalue weighted by Crippen LogP contribution is -2.51. The zero-order chi connectivity index (χ0) is 25.4. The number of esters is 1. The molecule has 4 heteroatoms. The molecule has 3 saturated carbocycles. The van der Waals surface area contributed by atoms with Crippen LogP contribution in [0.25, 0.3) is 0 Å². The first-order valence-corrected chi connectivity index (χ1v) is 14.7. The summed E-state index contributed by atoms with van der Waals surface area (Å²) < 4.78 is 5.70. The number of carboxylic acid groups (broad SMARTS) is 1. The number of hydrogen-bond acceptors (Lipinski definition) is 3. The summed E-state index contributed by atoms with van der Waals surface area (Å²) in [5.41, 5.74) is 2.27. The number of hydrogen-bond donors (Lipinski definition) is 1. The third kappa shape index (κ3) is 5.37. The number of aliphatic carboxylic acids is 1. The summed E-state index contributed by atoms with van der Waals surface area (Å²) in [6.45, 7) is 12.4. The van der Waals surface area contributed by atoms with Crippen LogP contribution >= 0.6 is 0 Å². The number of allylic oxidation sites excluding steroid dienone is 1. The van der Waals surface area contributed by atoms with Crippen LogP contribution in [0, 0.1) is 46.3 Å². The first kappa shape index (κ1) is 26.7. The molecule has 0 aromatic heterocycles. The molecule has 35 heavy (non-hydrogen) atoms. The van der Waals surface area contributed by atoms with Crippen molar-refractivity contribution < 1.29 is 19.4 Å². The number of carbonyl (C=O) groups is 2. The van der Waals surface area contributed by atoms with Crippen molar-refractivity contribution in [3.8, 4) is 0 Å². The van der Waals surface area contributed by atoms with E-state index >= 15 is 0 Å². The third-order valence-electron chi connectivity index (χ3n) is 11.1. The van der Waals surface area contributed by atoms with E-state index in [1.165, 1.54) is 56.9 Å².